The highest BCUT2D eigenvalue weighted by molar-refractivity contribution is 7.18. The molecule has 0 atom stereocenters. The van der Waals surface area contributed by atoms with E-state index in [1.54, 1.807) is 12.4 Å². The first-order valence-electron chi connectivity index (χ1n) is 4.96. The molecule has 0 radical (unpaired) electrons. The van der Waals surface area contributed by atoms with Gasteiger partial charge in [-0.3, -0.25) is 4.98 Å². The van der Waals surface area contributed by atoms with Crippen LogP contribution in [0.3, 0.4) is 0 Å². The molecule has 17 heavy (non-hydrogen) atoms. The van der Waals surface area contributed by atoms with Gasteiger partial charge < -0.3 is 11.5 Å². The number of nitrogens with zero attached hydrogens (tertiary/aromatic N) is 3. The van der Waals surface area contributed by atoms with E-state index in [1.807, 2.05) is 17.5 Å². The Hall–Kier alpha value is -2.21. The Bertz CT molecular complexity index is 677. The summed E-state index contributed by atoms with van der Waals surface area (Å²) in [6.45, 7) is 0. The van der Waals surface area contributed by atoms with E-state index in [4.69, 9.17) is 11.5 Å². The maximum atomic E-state index is 5.90. The van der Waals surface area contributed by atoms with Gasteiger partial charge in [0.15, 0.2) is 5.82 Å². The van der Waals surface area contributed by atoms with Crippen molar-refractivity contribution in [1.29, 1.82) is 0 Å². The Balaban J connectivity index is 2.28. The van der Waals surface area contributed by atoms with Gasteiger partial charge in [0.05, 0.1) is 10.4 Å². The number of hydrogen-bond acceptors (Lipinski definition) is 6. The van der Waals surface area contributed by atoms with Gasteiger partial charge >= 0.3 is 0 Å². The number of rotatable bonds is 1. The zero-order chi connectivity index (χ0) is 11.8. The van der Waals surface area contributed by atoms with Crippen molar-refractivity contribution in [2.75, 3.05) is 11.5 Å². The Kier molecular flexibility index (Phi) is 2.15. The lowest BCUT2D eigenvalue weighted by molar-refractivity contribution is 1.23. The molecule has 0 spiro atoms. The molecule has 0 aromatic carbocycles. The van der Waals surface area contributed by atoms with E-state index in [2.05, 4.69) is 15.0 Å². The fourth-order valence-corrected chi connectivity index (χ4v) is 2.39. The minimum atomic E-state index is 0.462. The standard InChI is InChI=1S/C11H9N5S/c12-7-5-17-9-8(7)15-11(16-10(9)13)6-1-3-14-4-2-6/h1-5H,12H2,(H2,13,15,16). The van der Waals surface area contributed by atoms with Crippen LogP contribution in [0, 0.1) is 0 Å². The summed E-state index contributed by atoms with van der Waals surface area (Å²) in [6.07, 6.45) is 3.38. The van der Waals surface area contributed by atoms with Crippen molar-refractivity contribution in [3.63, 3.8) is 0 Å². The van der Waals surface area contributed by atoms with Crippen LogP contribution in [0.2, 0.25) is 0 Å². The van der Waals surface area contributed by atoms with Crippen molar-refractivity contribution in [1.82, 2.24) is 15.0 Å². The second-order valence-corrected chi connectivity index (χ2v) is 4.42. The fourth-order valence-electron chi connectivity index (χ4n) is 1.59. The molecule has 84 valence electrons. The molecule has 0 aliphatic carbocycles. The molecule has 0 fully saturated rings. The summed E-state index contributed by atoms with van der Waals surface area (Å²) in [5.74, 6) is 1.03. The van der Waals surface area contributed by atoms with Gasteiger partial charge in [0.2, 0.25) is 0 Å². The van der Waals surface area contributed by atoms with E-state index in [9.17, 15) is 0 Å². The van der Waals surface area contributed by atoms with Crippen LogP contribution in [0.1, 0.15) is 0 Å². The van der Waals surface area contributed by atoms with E-state index in [1.165, 1.54) is 11.3 Å². The van der Waals surface area contributed by atoms with Crippen molar-refractivity contribution in [3.05, 3.63) is 29.9 Å². The van der Waals surface area contributed by atoms with Crippen molar-refractivity contribution in [2.24, 2.45) is 0 Å². The Morgan fingerprint density at radius 2 is 1.82 bits per heavy atom. The molecule has 6 heteroatoms. The van der Waals surface area contributed by atoms with E-state index >= 15 is 0 Å². The van der Waals surface area contributed by atoms with E-state index in [-0.39, 0.29) is 0 Å². The fraction of sp³-hybridized carbons (Fsp3) is 0. The van der Waals surface area contributed by atoms with E-state index in [0.717, 1.165) is 10.3 Å². The average Bonchev–Trinajstić information content (AvgIpc) is 2.73. The molecule has 3 aromatic rings. The Labute approximate surface area is 101 Å². The summed E-state index contributed by atoms with van der Waals surface area (Å²) < 4.78 is 0.834. The molecule has 0 amide bonds. The quantitative estimate of drug-likeness (QED) is 0.681. The number of nitrogens with two attached hydrogens (primary N) is 2. The molecule has 3 rings (SSSR count). The third kappa shape index (κ3) is 1.58. The summed E-state index contributed by atoms with van der Waals surface area (Å²) in [4.78, 5) is 12.7. The number of hydrogen-bond donors (Lipinski definition) is 2. The minimum absolute atomic E-state index is 0.462. The van der Waals surface area contributed by atoms with E-state index in [0.29, 0.717) is 22.8 Å². The second-order valence-electron chi connectivity index (χ2n) is 3.54. The normalized spacial score (nSPS) is 10.8. The zero-order valence-electron chi connectivity index (χ0n) is 8.79. The highest BCUT2D eigenvalue weighted by atomic mass is 32.1. The third-order valence-electron chi connectivity index (χ3n) is 2.41. The zero-order valence-corrected chi connectivity index (χ0v) is 9.61. The van der Waals surface area contributed by atoms with Crippen LogP contribution in [0.15, 0.2) is 29.9 Å². The molecule has 5 nitrogen and oxygen atoms in total. The lowest BCUT2D eigenvalue weighted by Gasteiger charge is -2.02. The summed E-state index contributed by atoms with van der Waals surface area (Å²) in [5, 5.41) is 1.83. The Morgan fingerprint density at radius 1 is 1.06 bits per heavy atom. The maximum Gasteiger partial charge on any atom is 0.162 e. The third-order valence-corrected chi connectivity index (χ3v) is 3.42. The molecule has 0 aliphatic heterocycles. The van der Waals surface area contributed by atoms with Crippen LogP contribution in [-0.2, 0) is 0 Å². The molecule has 0 saturated heterocycles. The summed E-state index contributed by atoms with van der Waals surface area (Å²) in [7, 11) is 0. The first-order chi connectivity index (χ1) is 8.25. The first kappa shape index (κ1) is 9.98. The van der Waals surface area contributed by atoms with E-state index < -0.39 is 0 Å². The summed E-state index contributed by atoms with van der Waals surface area (Å²) in [5.41, 5.74) is 14.0. The van der Waals surface area contributed by atoms with Crippen molar-refractivity contribution < 1.29 is 0 Å². The number of fused-ring (bicyclic) bond motifs is 1. The van der Waals surface area contributed by atoms with Gasteiger partial charge in [-0.25, -0.2) is 9.97 Å². The molecular weight excluding hydrogens is 234 g/mol. The van der Waals surface area contributed by atoms with Crippen LogP contribution in [-0.4, -0.2) is 15.0 Å². The molecule has 0 bridgehead atoms. The smallest absolute Gasteiger partial charge is 0.162 e. The lowest BCUT2D eigenvalue weighted by Crippen LogP contribution is -1.97. The highest BCUT2D eigenvalue weighted by Crippen LogP contribution is 2.31. The van der Waals surface area contributed by atoms with Gasteiger partial charge in [0.1, 0.15) is 11.3 Å². The van der Waals surface area contributed by atoms with Gasteiger partial charge in [-0.15, -0.1) is 11.3 Å². The minimum Gasteiger partial charge on any atom is -0.396 e. The molecule has 4 N–H and O–H groups in total. The topological polar surface area (TPSA) is 90.7 Å². The number of anilines is 2. The maximum absolute atomic E-state index is 5.90. The summed E-state index contributed by atoms with van der Waals surface area (Å²) >= 11 is 1.46. The van der Waals surface area contributed by atoms with Crippen LogP contribution < -0.4 is 11.5 Å². The number of aromatic nitrogens is 3. The molecular formula is C11H9N5S. The van der Waals surface area contributed by atoms with Crippen molar-refractivity contribution in [3.8, 4) is 11.4 Å². The van der Waals surface area contributed by atoms with Crippen LogP contribution in [0.25, 0.3) is 21.6 Å². The monoisotopic (exact) mass is 243 g/mol. The van der Waals surface area contributed by atoms with Gasteiger partial charge in [0, 0.05) is 23.3 Å². The lowest BCUT2D eigenvalue weighted by atomic mass is 10.2. The average molecular weight is 243 g/mol. The molecule has 0 unspecified atom stereocenters. The SMILES string of the molecule is Nc1csc2c(N)nc(-c3ccncc3)nc12. The largest absolute Gasteiger partial charge is 0.396 e. The second kappa shape index (κ2) is 3.67. The van der Waals surface area contributed by atoms with Crippen LogP contribution in [0.4, 0.5) is 11.5 Å². The van der Waals surface area contributed by atoms with Crippen molar-refractivity contribution >= 4 is 33.1 Å². The molecule has 3 aromatic heterocycles. The number of pyridine rings is 1. The van der Waals surface area contributed by atoms with Gasteiger partial charge in [-0.2, -0.15) is 0 Å². The van der Waals surface area contributed by atoms with Crippen LogP contribution in [0.5, 0.6) is 0 Å². The predicted molar refractivity (Wildman–Crippen MR) is 69.5 cm³/mol. The van der Waals surface area contributed by atoms with Gasteiger partial charge in [-0.1, -0.05) is 0 Å². The summed E-state index contributed by atoms with van der Waals surface area (Å²) in [6, 6.07) is 3.67. The molecule has 0 saturated carbocycles. The number of nitrogen functional groups attached to an aromatic ring is 2. The number of thiophene rings is 1. The van der Waals surface area contributed by atoms with Gasteiger partial charge in [0.25, 0.3) is 0 Å². The van der Waals surface area contributed by atoms with Gasteiger partial charge in [-0.05, 0) is 12.1 Å². The van der Waals surface area contributed by atoms with Crippen molar-refractivity contribution in [2.45, 2.75) is 0 Å². The molecule has 3 heterocycles. The van der Waals surface area contributed by atoms with Crippen LogP contribution >= 0.6 is 11.3 Å². The Morgan fingerprint density at radius 3 is 2.59 bits per heavy atom. The predicted octanol–water partition coefficient (Wildman–Crippen LogP) is 1.92. The molecule has 0 aliphatic rings. The first-order valence-corrected chi connectivity index (χ1v) is 5.84. The highest BCUT2D eigenvalue weighted by Gasteiger charge is 2.10.